The maximum absolute atomic E-state index is 12.1. The Morgan fingerprint density at radius 3 is 2.62 bits per heavy atom. The molecule has 0 aliphatic heterocycles. The van der Waals surface area contributed by atoms with E-state index >= 15 is 0 Å². The van der Waals surface area contributed by atoms with Gasteiger partial charge in [0.05, 0.1) is 0 Å². The smallest absolute Gasteiger partial charge is 0.170 e. The maximum atomic E-state index is 12.1. The largest absolute Gasteiger partial charge is 0.409 e. The summed E-state index contributed by atoms with van der Waals surface area (Å²) in [5.41, 5.74) is 14.0. The van der Waals surface area contributed by atoms with Gasteiger partial charge in [-0.3, -0.25) is 4.79 Å². The quantitative estimate of drug-likeness (QED) is 0.195. The van der Waals surface area contributed by atoms with Crippen molar-refractivity contribution in [3.05, 3.63) is 65.2 Å². The number of nitrogens with zero attached hydrogens (tertiary/aromatic N) is 1. The molecule has 0 radical (unpaired) electrons. The van der Waals surface area contributed by atoms with Crippen LogP contribution in [0, 0.1) is 0 Å². The summed E-state index contributed by atoms with van der Waals surface area (Å²) < 4.78 is 0. The Hall–Kier alpha value is -2.82. The number of hydrogen-bond donors (Lipinski definition) is 3. The molecule has 0 aliphatic rings. The number of rotatable bonds is 5. The molecule has 108 valence electrons. The topological polar surface area (TPSA) is 102 Å². The Balaban J connectivity index is 2.07. The number of Topliss-reactive ketones (excluding diaryl/α,β-unsaturated/α-hetero) is 1. The molecule has 0 amide bonds. The van der Waals surface area contributed by atoms with E-state index in [-0.39, 0.29) is 11.6 Å². The van der Waals surface area contributed by atoms with E-state index in [1.165, 1.54) is 0 Å². The van der Waals surface area contributed by atoms with Crippen molar-refractivity contribution in [2.75, 3.05) is 5.73 Å². The zero-order valence-electron chi connectivity index (χ0n) is 11.5. The van der Waals surface area contributed by atoms with Crippen LogP contribution in [-0.2, 0) is 6.42 Å². The molecule has 0 heterocycles. The number of oxime groups is 1. The first-order valence-electron chi connectivity index (χ1n) is 6.56. The highest BCUT2D eigenvalue weighted by molar-refractivity contribution is 6.01. The lowest BCUT2D eigenvalue weighted by molar-refractivity contribution is 0.0983. The monoisotopic (exact) mass is 283 g/mol. The highest BCUT2D eigenvalue weighted by atomic mass is 16.4. The minimum atomic E-state index is 0.00213. The zero-order chi connectivity index (χ0) is 15.2. The number of benzene rings is 2. The van der Waals surface area contributed by atoms with Crippen LogP contribution in [0.3, 0.4) is 0 Å². The Morgan fingerprint density at radius 2 is 1.90 bits per heavy atom. The summed E-state index contributed by atoms with van der Waals surface area (Å²) in [4.78, 5) is 12.1. The van der Waals surface area contributed by atoms with Crippen LogP contribution in [0.4, 0.5) is 5.69 Å². The minimum Gasteiger partial charge on any atom is -0.409 e. The van der Waals surface area contributed by atoms with Crippen molar-refractivity contribution in [3.63, 3.8) is 0 Å². The summed E-state index contributed by atoms with van der Waals surface area (Å²) in [5, 5.41) is 11.6. The fourth-order valence-corrected chi connectivity index (χ4v) is 2.09. The molecule has 2 rings (SSSR count). The molecule has 2 aromatic carbocycles. The van der Waals surface area contributed by atoms with E-state index in [0.717, 1.165) is 5.56 Å². The predicted molar refractivity (Wildman–Crippen MR) is 82.5 cm³/mol. The average molecular weight is 283 g/mol. The van der Waals surface area contributed by atoms with Gasteiger partial charge in [0.2, 0.25) is 0 Å². The van der Waals surface area contributed by atoms with Gasteiger partial charge in [0.15, 0.2) is 11.6 Å². The molecule has 0 spiro atoms. The van der Waals surface area contributed by atoms with Crippen LogP contribution in [0.25, 0.3) is 0 Å². The van der Waals surface area contributed by atoms with Gasteiger partial charge >= 0.3 is 0 Å². The van der Waals surface area contributed by atoms with Crippen molar-refractivity contribution in [3.8, 4) is 0 Å². The summed E-state index contributed by atoms with van der Waals surface area (Å²) in [6, 6.07) is 14.3. The molecule has 5 heteroatoms. The van der Waals surface area contributed by atoms with Crippen molar-refractivity contribution >= 4 is 17.3 Å². The first kappa shape index (κ1) is 14.6. The van der Waals surface area contributed by atoms with Crippen molar-refractivity contribution < 1.29 is 10.0 Å². The van der Waals surface area contributed by atoms with Gasteiger partial charge in [0.1, 0.15) is 0 Å². The molecular weight excluding hydrogens is 266 g/mol. The number of anilines is 1. The SMILES string of the molecule is N/C(=N/O)c1cccc(CCC(=O)c2ccccc2N)c1. The van der Waals surface area contributed by atoms with Gasteiger partial charge in [-0.1, -0.05) is 35.5 Å². The minimum absolute atomic E-state index is 0.00213. The second-order valence-electron chi connectivity index (χ2n) is 4.70. The second-order valence-corrected chi connectivity index (χ2v) is 4.70. The maximum Gasteiger partial charge on any atom is 0.170 e. The van der Waals surface area contributed by atoms with E-state index in [9.17, 15) is 4.79 Å². The second kappa shape index (κ2) is 6.56. The Morgan fingerprint density at radius 1 is 1.14 bits per heavy atom. The molecule has 0 aromatic heterocycles. The van der Waals surface area contributed by atoms with E-state index in [1.807, 2.05) is 12.1 Å². The first-order chi connectivity index (χ1) is 10.1. The lowest BCUT2D eigenvalue weighted by atomic mass is 10.0. The number of carbonyl (C=O) groups excluding carboxylic acids is 1. The van der Waals surface area contributed by atoms with E-state index in [2.05, 4.69) is 5.16 Å². The lowest BCUT2D eigenvalue weighted by Gasteiger charge is -2.06. The van der Waals surface area contributed by atoms with Crippen molar-refractivity contribution in [1.82, 2.24) is 0 Å². The van der Waals surface area contributed by atoms with Crippen LogP contribution in [0.15, 0.2) is 53.7 Å². The van der Waals surface area contributed by atoms with Crippen molar-refractivity contribution in [1.29, 1.82) is 0 Å². The number of nitrogen functional groups attached to an aromatic ring is 1. The molecule has 0 unspecified atom stereocenters. The Kier molecular flexibility index (Phi) is 4.56. The molecule has 21 heavy (non-hydrogen) atoms. The Bertz CT molecular complexity index is 681. The number of carbonyl (C=O) groups is 1. The highest BCUT2D eigenvalue weighted by Crippen LogP contribution is 2.15. The van der Waals surface area contributed by atoms with Gasteiger partial charge in [-0.05, 0) is 30.2 Å². The molecule has 0 atom stereocenters. The highest BCUT2D eigenvalue weighted by Gasteiger charge is 2.09. The van der Waals surface area contributed by atoms with E-state index in [1.54, 1.807) is 36.4 Å². The fourth-order valence-electron chi connectivity index (χ4n) is 2.09. The first-order valence-corrected chi connectivity index (χ1v) is 6.56. The van der Waals surface area contributed by atoms with Gasteiger partial charge < -0.3 is 16.7 Å². The lowest BCUT2D eigenvalue weighted by Crippen LogP contribution is -2.13. The summed E-state index contributed by atoms with van der Waals surface area (Å²) in [6.07, 6.45) is 0.924. The number of hydrogen-bond acceptors (Lipinski definition) is 4. The fraction of sp³-hybridized carbons (Fsp3) is 0.125. The standard InChI is InChI=1S/C16H17N3O2/c17-14-7-2-1-6-13(14)15(20)9-8-11-4-3-5-12(10-11)16(18)19-21/h1-7,10,21H,8-9,17H2,(H2,18,19). The van der Waals surface area contributed by atoms with Crippen LogP contribution < -0.4 is 11.5 Å². The van der Waals surface area contributed by atoms with Gasteiger partial charge in [-0.15, -0.1) is 0 Å². The molecule has 0 saturated heterocycles. The zero-order valence-corrected chi connectivity index (χ0v) is 11.5. The van der Waals surface area contributed by atoms with Crippen molar-refractivity contribution in [2.24, 2.45) is 10.9 Å². The van der Waals surface area contributed by atoms with E-state index < -0.39 is 0 Å². The number of amidine groups is 1. The normalized spacial score (nSPS) is 11.3. The summed E-state index contributed by atoms with van der Waals surface area (Å²) in [7, 11) is 0. The third kappa shape index (κ3) is 3.60. The van der Waals surface area contributed by atoms with E-state index in [4.69, 9.17) is 16.7 Å². The van der Waals surface area contributed by atoms with Crippen LogP contribution in [0.2, 0.25) is 0 Å². The Labute approximate surface area is 122 Å². The molecule has 0 saturated carbocycles. The molecule has 5 nitrogen and oxygen atoms in total. The third-order valence-electron chi connectivity index (χ3n) is 3.23. The van der Waals surface area contributed by atoms with Crippen LogP contribution >= 0.6 is 0 Å². The van der Waals surface area contributed by atoms with Gasteiger partial charge in [0.25, 0.3) is 0 Å². The van der Waals surface area contributed by atoms with Crippen LogP contribution in [0.5, 0.6) is 0 Å². The summed E-state index contributed by atoms with van der Waals surface area (Å²) in [5.74, 6) is 0.0535. The molecule has 0 aliphatic carbocycles. The van der Waals surface area contributed by atoms with Gasteiger partial charge in [-0.2, -0.15) is 0 Å². The molecular formula is C16H17N3O2. The summed E-state index contributed by atoms with van der Waals surface area (Å²) in [6.45, 7) is 0. The predicted octanol–water partition coefficient (Wildman–Crippen LogP) is 2.18. The van der Waals surface area contributed by atoms with Crippen LogP contribution in [-0.4, -0.2) is 16.8 Å². The summed E-state index contributed by atoms with van der Waals surface area (Å²) >= 11 is 0. The molecule has 0 fully saturated rings. The number of ketones is 1. The van der Waals surface area contributed by atoms with Gasteiger partial charge in [-0.25, -0.2) is 0 Å². The van der Waals surface area contributed by atoms with Gasteiger partial charge in [0, 0.05) is 23.2 Å². The van der Waals surface area contributed by atoms with Crippen molar-refractivity contribution in [2.45, 2.75) is 12.8 Å². The van der Waals surface area contributed by atoms with E-state index in [0.29, 0.717) is 29.7 Å². The molecule has 5 N–H and O–H groups in total. The molecule has 0 bridgehead atoms. The molecule has 2 aromatic rings. The average Bonchev–Trinajstić information content (AvgIpc) is 2.52. The van der Waals surface area contributed by atoms with Crippen LogP contribution in [0.1, 0.15) is 27.9 Å². The number of para-hydroxylation sites is 1. The number of nitrogens with two attached hydrogens (primary N) is 2. The number of aryl methyl sites for hydroxylation is 1. The third-order valence-corrected chi connectivity index (χ3v) is 3.23.